The molecule has 2 aliphatic rings. The maximum Gasteiger partial charge on any atom is 0.0983 e. The molecule has 4 rings (SSSR count). The van der Waals surface area contributed by atoms with Crippen LogP contribution in [-0.2, 0) is 12.8 Å². The molecule has 1 atom stereocenters. The number of thiophene rings is 1. The molecule has 0 aliphatic heterocycles. The fraction of sp³-hybridized carbons (Fsp3) is 0.350. The van der Waals surface area contributed by atoms with Gasteiger partial charge >= 0.3 is 0 Å². The van der Waals surface area contributed by atoms with Crippen LogP contribution in [0.4, 0.5) is 5.00 Å². The van der Waals surface area contributed by atoms with Crippen LogP contribution < -0.4 is 11.1 Å². The molecule has 2 heterocycles. The Hall–Kier alpha value is -2.27. The van der Waals surface area contributed by atoms with Gasteiger partial charge in [-0.05, 0) is 43.7 Å². The highest BCUT2D eigenvalue weighted by Crippen LogP contribution is 2.46. The first-order valence-corrected chi connectivity index (χ1v) is 9.65. The second-order valence-electron chi connectivity index (χ2n) is 6.72. The van der Waals surface area contributed by atoms with Gasteiger partial charge in [-0.25, -0.2) is 0 Å². The maximum atomic E-state index is 6.07. The van der Waals surface area contributed by atoms with E-state index in [9.17, 15) is 0 Å². The Morgan fingerprint density at radius 1 is 1.40 bits per heavy atom. The van der Waals surface area contributed by atoms with Gasteiger partial charge < -0.3 is 11.1 Å². The molecule has 1 unspecified atom stereocenters. The fourth-order valence-electron chi connectivity index (χ4n) is 3.78. The summed E-state index contributed by atoms with van der Waals surface area (Å²) >= 11 is 1.76. The number of hydrogen-bond donors (Lipinski definition) is 2. The van der Waals surface area contributed by atoms with Crippen molar-refractivity contribution in [2.45, 2.75) is 38.6 Å². The van der Waals surface area contributed by atoms with E-state index >= 15 is 0 Å². The molecular formula is C20H24N4S. The minimum absolute atomic E-state index is 0.262. The topological polar surface area (TPSA) is 55.9 Å². The molecule has 2 aliphatic carbocycles. The fourth-order valence-corrected chi connectivity index (χ4v) is 5.05. The SMILES string of the molecule is C=C(N)c1c(NC)sc2c1CCc1nn(C(C)C3=CCCC=C3)cc1-2. The number of anilines is 1. The van der Waals surface area contributed by atoms with Gasteiger partial charge in [0.25, 0.3) is 0 Å². The van der Waals surface area contributed by atoms with Crippen LogP contribution in [0.3, 0.4) is 0 Å². The van der Waals surface area contributed by atoms with Crippen molar-refractivity contribution >= 4 is 22.0 Å². The highest BCUT2D eigenvalue weighted by molar-refractivity contribution is 7.20. The number of nitrogens with two attached hydrogens (primary N) is 1. The van der Waals surface area contributed by atoms with Gasteiger partial charge in [0.1, 0.15) is 0 Å². The van der Waals surface area contributed by atoms with E-state index in [1.807, 2.05) is 7.05 Å². The lowest BCUT2D eigenvalue weighted by Crippen LogP contribution is -2.09. The Morgan fingerprint density at radius 2 is 2.24 bits per heavy atom. The van der Waals surface area contributed by atoms with E-state index in [1.165, 1.54) is 27.3 Å². The lowest BCUT2D eigenvalue weighted by atomic mass is 9.93. The normalized spacial score (nSPS) is 16.8. The maximum absolute atomic E-state index is 6.07. The minimum Gasteiger partial charge on any atom is -0.399 e. The zero-order chi connectivity index (χ0) is 17.6. The summed E-state index contributed by atoms with van der Waals surface area (Å²) in [5, 5.41) is 9.29. The number of nitrogens with one attached hydrogen (secondary N) is 1. The number of hydrogen-bond acceptors (Lipinski definition) is 4. The van der Waals surface area contributed by atoms with E-state index < -0.39 is 0 Å². The third-order valence-electron chi connectivity index (χ3n) is 5.12. The molecular weight excluding hydrogens is 328 g/mol. The van der Waals surface area contributed by atoms with Crippen LogP contribution in [0, 0.1) is 0 Å². The van der Waals surface area contributed by atoms with Crippen molar-refractivity contribution in [3.05, 3.63) is 53.4 Å². The second-order valence-corrected chi connectivity index (χ2v) is 7.74. The molecule has 0 saturated carbocycles. The first-order valence-electron chi connectivity index (χ1n) is 8.83. The summed E-state index contributed by atoms with van der Waals surface area (Å²) < 4.78 is 2.12. The van der Waals surface area contributed by atoms with E-state index in [4.69, 9.17) is 10.8 Å². The van der Waals surface area contributed by atoms with Crippen molar-refractivity contribution in [2.75, 3.05) is 12.4 Å². The molecule has 0 spiro atoms. The first kappa shape index (κ1) is 16.2. The third kappa shape index (κ3) is 2.63. The van der Waals surface area contributed by atoms with E-state index in [0.29, 0.717) is 5.70 Å². The van der Waals surface area contributed by atoms with E-state index in [0.717, 1.165) is 36.2 Å². The van der Waals surface area contributed by atoms with Gasteiger partial charge in [0, 0.05) is 34.9 Å². The second kappa shape index (κ2) is 6.23. The molecule has 0 bridgehead atoms. The Balaban J connectivity index is 1.76. The molecule has 2 aromatic rings. The van der Waals surface area contributed by atoms with Gasteiger partial charge in [0.05, 0.1) is 16.7 Å². The highest BCUT2D eigenvalue weighted by Gasteiger charge is 2.28. The van der Waals surface area contributed by atoms with Crippen LogP contribution in [0.15, 0.2) is 36.6 Å². The first-order chi connectivity index (χ1) is 12.1. The number of nitrogens with zero attached hydrogens (tertiary/aromatic N) is 2. The molecule has 0 aromatic carbocycles. The lowest BCUT2D eigenvalue weighted by Gasteiger charge is -2.16. The molecule has 130 valence electrons. The molecule has 3 N–H and O–H groups in total. The average Bonchev–Trinajstić information content (AvgIpc) is 3.22. The summed E-state index contributed by atoms with van der Waals surface area (Å²) in [4.78, 5) is 1.29. The molecule has 0 saturated heterocycles. The van der Waals surface area contributed by atoms with E-state index in [1.54, 1.807) is 11.3 Å². The number of allylic oxidation sites excluding steroid dienone is 4. The summed E-state index contributed by atoms with van der Waals surface area (Å²) in [5.74, 6) is 0. The number of aryl methyl sites for hydroxylation is 1. The molecule has 4 nitrogen and oxygen atoms in total. The lowest BCUT2D eigenvalue weighted by molar-refractivity contribution is 0.552. The largest absolute Gasteiger partial charge is 0.399 e. The number of aromatic nitrogens is 2. The van der Waals surface area contributed by atoms with Crippen molar-refractivity contribution < 1.29 is 0 Å². The molecule has 2 aromatic heterocycles. The summed E-state index contributed by atoms with van der Waals surface area (Å²) in [7, 11) is 1.94. The van der Waals surface area contributed by atoms with Crippen LogP contribution in [0.25, 0.3) is 16.1 Å². The smallest absolute Gasteiger partial charge is 0.0983 e. The van der Waals surface area contributed by atoms with Crippen molar-refractivity contribution in [1.82, 2.24) is 9.78 Å². The summed E-state index contributed by atoms with van der Waals surface area (Å²) in [6.45, 7) is 6.20. The van der Waals surface area contributed by atoms with E-state index in [2.05, 4.69) is 47.9 Å². The van der Waals surface area contributed by atoms with Gasteiger partial charge in [0.15, 0.2) is 0 Å². The van der Waals surface area contributed by atoms with Gasteiger partial charge in [-0.1, -0.05) is 24.8 Å². The summed E-state index contributed by atoms with van der Waals surface area (Å²) in [6, 6.07) is 0.262. The number of fused-ring (bicyclic) bond motifs is 3. The summed E-state index contributed by atoms with van der Waals surface area (Å²) in [6.07, 6.45) is 13.2. The molecule has 5 heteroatoms. The quantitative estimate of drug-likeness (QED) is 0.851. The third-order valence-corrected chi connectivity index (χ3v) is 6.41. The summed E-state index contributed by atoms with van der Waals surface area (Å²) in [5.41, 5.74) is 12.9. The van der Waals surface area contributed by atoms with Crippen LogP contribution in [0.2, 0.25) is 0 Å². The minimum atomic E-state index is 0.262. The monoisotopic (exact) mass is 352 g/mol. The van der Waals surface area contributed by atoms with Crippen molar-refractivity contribution in [2.24, 2.45) is 5.73 Å². The Labute approximate surface area is 152 Å². The zero-order valence-electron chi connectivity index (χ0n) is 14.8. The van der Waals surface area contributed by atoms with Crippen LogP contribution in [-0.4, -0.2) is 16.8 Å². The van der Waals surface area contributed by atoms with Crippen molar-refractivity contribution in [3.8, 4) is 10.4 Å². The van der Waals surface area contributed by atoms with Crippen LogP contribution in [0.5, 0.6) is 0 Å². The van der Waals surface area contributed by atoms with Crippen LogP contribution in [0.1, 0.15) is 42.6 Å². The predicted molar refractivity (Wildman–Crippen MR) is 107 cm³/mol. The van der Waals surface area contributed by atoms with Gasteiger partial charge in [-0.3, -0.25) is 4.68 Å². The van der Waals surface area contributed by atoms with Gasteiger partial charge in [-0.15, -0.1) is 11.3 Å². The zero-order valence-corrected chi connectivity index (χ0v) is 15.6. The Kier molecular flexibility index (Phi) is 4.04. The van der Waals surface area contributed by atoms with Gasteiger partial charge in [0.2, 0.25) is 0 Å². The van der Waals surface area contributed by atoms with Crippen molar-refractivity contribution in [1.29, 1.82) is 0 Å². The van der Waals surface area contributed by atoms with Crippen molar-refractivity contribution in [3.63, 3.8) is 0 Å². The highest BCUT2D eigenvalue weighted by atomic mass is 32.1. The Morgan fingerprint density at radius 3 is 2.92 bits per heavy atom. The van der Waals surface area contributed by atoms with Crippen LogP contribution >= 0.6 is 11.3 Å². The standard InChI is InChI=1S/C20H24N4S/c1-12(21)18-15-9-10-17-16(19(15)25-20(18)22-3)11-24(23-17)13(2)14-7-5-4-6-8-14/h5,7-8,11,13,22H,1,4,6,9-10,21H2,2-3H3. The van der Waals surface area contributed by atoms with Gasteiger partial charge in [-0.2, -0.15) is 5.10 Å². The predicted octanol–water partition coefficient (Wildman–Crippen LogP) is 4.52. The molecule has 0 radical (unpaired) electrons. The molecule has 25 heavy (non-hydrogen) atoms. The Bertz CT molecular complexity index is 897. The molecule has 0 fully saturated rings. The number of rotatable bonds is 4. The average molecular weight is 353 g/mol. The molecule has 0 amide bonds. The van der Waals surface area contributed by atoms with E-state index in [-0.39, 0.29) is 6.04 Å².